The van der Waals surface area contributed by atoms with Gasteiger partial charge in [0.25, 0.3) is 5.91 Å². The molecule has 1 aromatic rings. The number of carbonyl (C=O) groups is 1. The molecule has 1 amide bonds. The molecule has 0 heterocycles. The van der Waals surface area contributed by atoms with E-state index in [1.807, 2.05) is 13.8 Å². The maximum Gasteiger partial charge on any atom is 0.253 e. The highest BCUT2D eigenvalue weighted by Gasteiger charge is 2.17. The van der Waals surface area contributed by atoms with Gasteiger partial charge in [0.2, 0.25) is 10.0 Å². The van der Waals surface area contributed by atoms with Crippen LogP contribution in [0.25, 0.3) is 0 Å². The number of primary sulfonamides is 1. The minimum absolute atomic E-state index is 0.0347. The highest BCUT2D eigenvalue weighted by Crippen LogP contribution is 2.17. The molecule has 0 aliphatic carbocycles. The van der Waals surface area contributed by atoms with Crippen molar-refractivity contribution in [1.82, 2.24) is 4.90 Å². The van der Waals surface area contributed by atoms with Gasteiger partial charge in [-0.25, -0.2) is 13.6 Å². The molecule has 0 aliphatic rings. The predicted molar refractivity (Wildman–Crippen MR) is 69.8 cm³/mol. The molecule has 0 saturated carbocycles. The molecule has 2 N–H and O–H groups in total. The van der Waals surface area contributed by atoms with Crippen LogP contribution < -0.4 is 5.14 Å². The Bertz CT molecular complexity index is 552. The summed E-state index contributed by atoms with van der Waals surface area (Å²) in [5, 5.41) is 5.07. The van der Waals surface area contributed by atoms with Crippen molar-refractivity contribution >= 4 is 15.9 Å². The summed E-state index contributed by atoms with van der Waals surface area (Å²) in [6.45, 7) is 4.32. The Morgan fingerprint density at radius 3 is 2.39 bits per heavy atom. The molecule has 0 unspecified atom stereocenters. The molecule has 0 spiro atoms. The molecular formula is C12H18N2O3S. The van der Waals surface area contributed by atoms with Crippen LogP contribution in [-0.2, 0) is 16.4 Å². The van der Waals surface area contributed by atoms with E-state index in [0.29, 0.717) is 18.5 Å². The third-order valence-electron chi connectivity index (χ3n) is 2.84. The number of sulfonamides is 1. The summed E-state index contributed by atoms with van der Waals surface area (Å²) < 4.78 is 22.6. The van der Waals surface area contributed by atoms with E-state index in [9.17, 15) is 13.2 Å². The van der Waals surface area contributed by atoms with Gasteiger partial charge >= 0.3 is 0 Å². The molecule has 18 heavy (non-hydrogen) atoms. The number of rotatable bonds is 4. The molecule has 1 aromatic carbocycles. The molecule has 0 saturated heterocycles. The maximum atomic E-state index is 12.1. The number of hydrogen-bond donors (Lipinski definition) is 1. The van der Waals surface area contributed by atoms with Gasteiger partial charge in [-0.15, -0.1) is 0 Å². The molecular weight excluding hydrogens is 252 g/mol. The lowest BCUT2D eigenvalue weighted by molar-refractivity contribution is 0.0801. The van der Waals surface area contributed by atoms with Crippen molar-refractivity contribution in [3.05, 3.63) is 29.3 Å². The molecule has 5 nitrogen and oxygen atoms in total. The zero-order valence-electron chi connectivity index (χ0n) is 10.8. The maximum absolute atomic E-state index is 12.1. The fraction of sp³-hybridized carbons (Fsp3) is 0.417. The Morgan fingerprint density at radius 1 is 1.33 bits per heavy atom. The third-order valence-corrected chi connectivity index (χ3v) is 3.75. The second-order valence-corrected chi connectivity index (χ2v) is 5.60. The topological polar surface area (TPSA) is 80.5 Å². The fourth-order valence-electron chi connectivity index (χ4n) is 1.59. The van der Waals surface area contributed by atoms with Crippen molar-refractivity contribution in [3.8, 4) is 0 Å². The number of amides is 1. The first kappa shape index (κ1) is 14.7. The first-order chi connectivity index (χ1) is 8.31. The Hall–Kier alpha value is -1.40. The van der Waals surface area contributed by atoms with E-state index in [-0.39, 0.29) is 10.8 Å². The van der Waals surface area contributed by atoms with Gasteiger partial charge in [-0.1, -0.05) is 13.0 Å². The van der Waals surface area contributed by atoms with Crippen molar-refractivity contribution in [3.63, 3.8) is 0 Å². The summed E-state index contributed by atoms with van der Waals surface area (Å²) in [5.41, 5.74) is 1.21. The Kier molecular flexibility index (Phi) is 4.48. The molecule has 1 rings (SSSR count). The zero-order valence-corrected chi connectivity index (χ0v) is 11.6. The average molecular weight is 270 g/mol. The van der Waals surface area contributed by atoms with Crippen LogP contribution in [0.1, 0.15) is 29.8 Å². The van der Waals surface area contributed by atoms with Gasteiger partial charge in [0.15, 0.2) is 0 Å². The van der Waals surface area contributed by atoms with E-state index < -0.39 is 10.0 Å². The molecule has 0 atom stereocenters. The molecule has 0 aromatic heterocycles. The van der Waals surface area contributed by atoms with Crippen LogP contribution in [0, 0.1) is 0 Å². The van der Waals surface area contributed by atoms with Crippen molar-refractivity contribution in [2.24, 2.45) is 5.14 Å². The van der Waals surface area contributed by atoms with Crippen LogP contribution in [0.3, 0.4) is 0 Å². The van der Waals surface area contributed by atoms with E-state index in [4.69, 9.17) is 5.14 Å². The van der Waals surface area contributed by atoms with Gasteiger partial charge in [0.05, 0.1) is 4.90 Å². The summed E-state index contributed by atoms with van der Waals surface area (Å²) in [5.74, 6) is -0.195. The smallest absolute Gasteiger partial charge is 0.253 e. The van der Waals surface area contributed by atoms with Gasteiger partial charge in [-0.2, -0.15) is 0 Å². The first-order valence-corrected chi connectivity index (χ1v) is 7.27. The van der Waals surface area contributed by atoms with Crippen LogP contribution in [0.2, 0.25) is 0 Å². The van der Waals surface area contributed by atoms with Crippen LogP contribution in [0.4, 0.5) is 0 Å². The van der Waals surface area contributed by atoms with E-state index in [0.717, 1.165) is 5.56 Å². The van der Waals surface area contributed by atoms with Gasteiger partial charge in [-0.05, 0) is 31.0 Å². The molecule has 0 radical (unpaired) electrons. The number of aryl methyl sites for hydroxylation is 1. The van der Waals surface area contributed by atoms with Crippen molar-refractivity contribution < 1.29 is 13.2 Å². The Labute approximate surface area is 108 Å². The molecule has 0 fully saturated rings. The second kappa shape index (κ2) is 5.49. The fourth-order valence-corrected chi connectivity index (χ4v) is 2.13. The van der Waals surface area contributed by atoms with Crippen molar-refractivity contribution in [2.45, 2.75) is 25.2 Å². The number of benzene rings is 1. The third kappa shape index (κ3) is 3.08. The number of hydrogen-bond acceptors (Lipinski definition) is 3. The van der Waals surface area contributed by atoms with Crippen LogP contribution in [0.15, 0.2) is 23.1 Å². The van der Waals surface area contributed by atoms with E-state index >= 15 is 0 Å². The molecule has 0 bridgehead atoms. The summed E-state index contributed by atoms with van der Waals surface area (Å²) in [6.07, 6.45) is 0.656. The summed E-state index contributed by atoms with van der Waals surface area (Å²) in [4.78, 5) is 13.6. The van der Waals surface area contributed by atoms with Crippen molar-refractivity contribution in [1.29, 1.82) is 0 Å². The molecule has 0 aliphatic heterocycles. The SMILES string of the molecule is CCc1ccc(S(N)(=O)=O)cc1C(=O)N(C)CC. The van der Waals surface area contributed by atoms with Gasteiger partial charge in [0.1, 0.15) is 0 Å². The standard InChI is InChI=1S/C12H18N2O3S/c1-4-9-6-7-10(18(13,16)17)8-11(9)12(15)14(3)5-2/h6-8H,4-5H2,1-3H3,(H2,13,16,17). The quantitative estimate of drug-likeness (QED) is 0.886. The van der Waals surface area contributed by atoms with E-state index in [1.165, 1.54) is 17.0 Å². The van der Waals surface area contributed by atoms with Crippen LogP contribution in [0.5, 0.6) is 0 Å². The lowest BCUT2D eigenvalue weighted by atomic mass is 10.0. The number of carbonyl (C=O) groups excluding carboxylic acids is 1. The van der Waals surface area contributed by atoms with Crippen LogP contribution in [-0.4, -0.2) is 32.8 Å². The minimum atomic E-state index is -3.79. The first-order valence-electron chi connectivity index (χ1n) is 5.72. The predicted octanol–water partition coefficient (Wildman–Crippen LogP) is 0.988. The number of nitrogens with zero attached hydrogens (tertiary/aromatic N) is 1. The second-order valence-electron chi connectivity index (χ2n) is 4.04. The average Bonchev–Trinajstić information content (AvgIpc) is 2.35. The van der Waals surface area contributed by atoms with Crippen LogP contribution >= 0.6 is 0 Å². The Morgan fingerprint density at radius 2 is 1.94 bits per heavy atom. The monoisotopic (exact) mass is 270 g/mol. The molecule has 6 heteroatoms. The summed E-state index contributed by atoms with van der Waals surface area (Å²) in [6, 6.07) is 4.41. The van der Waals surface area contributed by atoms with E-state index in [2.05, 4.69) is 0 Å². The lowest BCUT2D eigenvalue weighted by Gasteiger charge is -2.17. The van der Waals surface area contributed by atoms with Crippen molar-refractivity contribution in [2.75, 3.05) is 13.6 Å². The van der Waals surface area contributed by atoms with Gasteiger partial charge in [-0.3, -0.25) is 4.79 Å². The Balaban J connectivity index is 3.36. The van der Waals surface area contributed by atoms with Gasteiger partial charge < -0.3 is 4.90 Å². The largest absolute Gasteiger partial charge is 0.342 e. The lowest BCUT2D eigenvalue weighted by Crippen LogP contribution is -2.27. The van der Waals surface area contributed by atoms with Gasteiger partial charge in [0, 0.05) is 19.2 Å². The summed E-state index contributed by atoms with van der Waals surface area (Å²) in [7, 11) is -2.11. The highest BCUT2D eigenvalue weighted by atomic mass is 32.2. The van der Waals surface area contributed by atoms with E-state index in [1.54, 1.807) is 13.1 Å². The molecule has 100 valence electrons. The number of nitrogens with two attached hydrogens (primary N) is 1. The minimum Gasteiger partial charge on any atom is -0.342 e. The summed E-state index contributed by atoms with van der Waals surface area (Å²) >= 11 is 0. The normalized spacial score (nSPS) is 11.3. The zero-order chi connectivity index (χ0) is 13.9. The highest BCUT2D eigenvalue weighted by molar-refractivity contribution is 7.89.